The summed E-state index contributed by atoms with van der Waals surface area (Å²) in [5.74, 6) is 1.62. The van der Waals surface area contributed by atoms with Crippen LogP contribution in [0.3, 0.4) is 0 Å². The molecule has 16 heavy (non-hydrogen) atoms. The Labute approximate surface area is 102 Å². The topological polar surface area (TPSA) is 12.0 Å². The highest BCUT2D eigenvalue weighted by Gasteiger charge is 2.31. The fourth-order valence-electron chi connectivity index (χ4n) is 2.75. The van der Waals surface area contributed by atoms with Crippen molar-refractivity contribution < 1.29 is 0 Å². The van der Waals surface area contributed by atoms with Crippen molar-refractivity contribution in [1.29, 1.82) is 0 Å². The summed E-state index contributed by atoms with van der Waals surface area (Å²) in [5, 5.41) is 3.82. The summed E-state index contributed by atoms with van der Waals surface area (Å²) in [4.78, 5) is 0. The van der Waals surface area contributed by atoms with Crippen molar-refractivity contribution in [2.45, 2.75) is 72.8 Å². The van der Waals surface area contributed by atoms with Gasteiger partial charge in [-0.3, -0.25) is 0 Å². The molecule has 96 valence electrons. The van der Waals surface area contributed by atoms with Crippen LogP contribution < -0.4 is 5.32 Å². The van der Waals surface area contributed by atoms with Crippen LogP contribution in [0, 0.1) is 17.3 Å². The average molecular weight is 225 g/mol. The predicted octanol–water partition coefficient (Wildman–Crippen LogP) is 4.23. The Kier molecular flexibility index (Phi) is 5.30. The van der Waals surface area contributed by atoms with Crippen molar-refractivity contribution in [3.05, 3.63) is 0 Å². The number of nitrogens with one attached hydrogen (secondary N) is 1. The fraction of sp³-hybridized carbons (Fsp3) is 1.00. The van der Waals surface area contributed by atoms with Gasteiger partial charge in [0.15, 0.2) is 0 Å². The van der Waals surface area contributed by atoms with Crippen molar-refractivity contribution in [3.63, 3.8) is 0 Å². The minimum absolute atomic E-state index is 0.617. The molecule has 0 aromatic heterocycles. The molecule has 0 aliphatic heterocycles. The van der Waals surface area contributed by atoms with E-state index in [-0.39, 0.29) is 0 Å². The average Bonchev–Trinajstić information content (AvgIpc) is 2.09. The Morgan fingerprint density at radius 3 is 1.81 bits per heavy atom. The molecule has 0 aromatic rings. The van der Waals surface area contributed by atoms with E-state index in [4.69, 9.17) is 0 Å². The summed E-state index contributed by atoms with van der Waals surface area (Å²) in [6.07, 6.45) is 6.95. The van der Waals surface area contributed by atoms with Crippen LogP contribution in [0.15, 0.2) is 0 Å². The normalized spacial score (nSPS) is 19.5. The van der Waals surface area contributed by atoms with Gasteiger partial charge in [0, 0.05) is 12.6 Å². The second kappa shape index (κ2) is 6.05. The van der Waals surface area contributed by atoms with Crippen LogP contribution in [0.5, 0.6) is 0 Å². The van der Waals surface area contributed by atoms with Crippen LogP contribution in [0.4, 0.5) is 0 Å². The lowest BCUT2D eigenvalue weighted by atomic mass is 9.70. The maximum atomic E-state index is 3.82. The van der Waals surface area contributed by atoms with Gasteiger partial charge < -0.3 is 5.32 Å². The molecule has 1 fully saturated rings. The second-order valence-corrected chi connectivity index (χ2v) is 7.00. The molecule has 1 aliphatic carbocycles. The maximum Gasteiger partial charge on any atom is 0.00721 e. The zero-order valence-electron chi connectivity index (χ0n) is 12.0. The molecule has 0 aromatic carbocycles. The molecule has 1 N–H and O–H groups in total. The molecule has 1 rings (SSSR count). The monoisotopic (exact) mass is 225 g/mol. The third-order valence-electron chi connectivity index (χ3n) is 3.89. The van der Waals surface area contributed by atoms with Crippen LogP contribution in [-0.4, -0.2) is 12.6 Å². The van der Waals surface area contributed by atoms with Crippen molar-refractivity contribution in [1.82, 2.24) is 5.32 Å². The summed E-state index contributed by atoms with van der Waals surface area (Å²) in [6.45, 7) is 13.0. The van der Waals surface area contributed by atoms with Crippen LogP contribution >= 0.6 is 0 Å². The number of hydrogen-bond acceptors (Lipinski definition) is 1. The van der Waals surface area contributed by atoms with Gasteiger partial charge in [0.2, 0.25) is 0 Å². The SMILES string of the molecule is CC(C)CC(CC(C)C)NCC1(C)CCC1. The first-order valence-corrected chi connectivity index (χ1v) is 7.15. The molecule has 0 heterocycles. The largest absolute Gasteiger partial charge is 0.313 e. The molecule has 1 aliphatic rings. The highest BCUT2D eigenvalue weighted by atomic mass is 14.9. The van der Waals surface area contributed by atoms with Gasteiger partial charge in [-0.05, 0) is 42.9 Å². The van der Waals surface area contributed by atoms with E-state index in [0.29, 0.717) is 5.41 Å². The van der Waals surface area contributed by atoms with Crippen molar-refractivity contribution in [2.24, 2.45) is 17.3 Å². The Balaban J connectivity index is 2.30. The summed E-state index contributed by atoms with van der Waals surface area (Å²) in [7, 11) is 0. The number of hydrogen-bond donors (Lipinski definition) is 1. The van der Waals surface area contributed by atoms with E-state index in [1.54, 1.807) is 0 Å². The zero-order chi connectivity index (χ0) is 12.2. The molecule has 0 amide bonds. The van der Waals surface area contributed by atoms with E-state index < -0.39 is 0 Å². The van der Waals surface area contributed by atoms with Crippen LogP contribution in [0.2, 0.25) is 0 Å². The molecule has 1 nitrogen and oxygen atoms in total. The Morgan fingerprint density at radius 2 is 1.50 bits per heavy atom. The summed E-state index contributed by atoms with van der Waals surface area (Å²) in [6, 6.07) is 0.734. The van der Waals surface area contributed by atoms with Gasteiger partial charge in [-0.2, -0.15) is 0 Å². The minimum atomic E-state index is 0.617. The lowest BCUT2D eigenvalue weighted by Crippen LogP contribution is -2.42. The van der Waals surface area contributed by atoms with E-state index >= 15 is 0 Å². The smallest absolute Gasteiger partial charge is 0.00721 e. The fourth-order valence-corrected chi connectivity index (χ4v) is 2.75. The molecule has 1 saturated carbocycles. The predicted molar refractivity (Wildman–Crippen MR) is 72.7 cm³/mol. The van der Waals surface area contributed by atoms with Crippen molar-refractivity contribution >= 4 is 0 Å². The second-order valence-electron chi connectivity index (χ2n) is 7.00. The van der Waals surface area contributed by atoms with Gasteiger partial charge >= 0.3 is 0 Å². The first kappa shape index (κ1) is 14.0. The van der Waals surface area contributed by atoms with Gasteiger partial charge in [0.05, 0.1) is 0 Å². The molecular weight excluding hydrogens is 194 g/mol. The van der Waals surface area contributed by atoms with Gasteiger partial charge in [-0.1, -0.05) is 41.0 Å². The molecule has 0 radical (unpaired) electrons. The molecule has 0 saturated heterocycles. The lowest BCUT2D eigenvalue weighted by Gasteiger charge is -2.40. The third kappa shape index (κ3) is 4.86. The van der Waals surface area contributed by atoms with Crippen LogP contribution in [-0.2, 0) is 0 Å². The highest BCUT2D eigenvalue weighted by molar-refractivity contribution is 4.86. The molecule has 0 atom stereocenters. The molecule has 0 bridgehead atoms. The first-order chi connectivity index (χ1) is 7.41. The first-order valence-electron chi connectivity index (χ1n) is 7.15. The molecule has 0 spiro atoms. The van der Waals surface area contributed by atoms with Gasteiger partial charge in [0.1, 0.15) is 0 Å². The Hall–Kier alpha value is -0.0400. The number of rotatable bonds is 7. The van der Waals surface area contributed by atoms with E-state index in [1.165, 1.54) is 38.6 Å². The van der Waals surface area contributed by atoms with E-state index in [9.17, 15) is 0 Å². The summed E-state index contributed by atoms with van der Waals surface area (Å²) in [5.41, 5.74) is 0.617. The van der Waals surface area contributed by atoms with Gasteiger partial charge in [-0.15, -0.1) is 0 Å². The van der Waals surface area contributed by atoms with Crippen molar-refractivity contribution in [3.8, 4) is 0 Å². The minimum Gasteiger partial charge on any atom is -0.313 e. The third-order valence-corrected chi connectivity index (χ3v) is 3.89. The highest BCUT2D eigenvalue weighted by Crippen LogP contribution is 2.39. The molecule has 0 unspecified atom stereocenters. The van der Waals surface area contributed by atoms with Crippen molar-refractivity contribution in [2.75, 3.05) is 6.54 Å². The van der Waals surface area contributed by atoms with E-state index in [2.05, 4.69) is 39.9 Å². The Bertz CT molecular complexity index is 182. The van der Waals surface area contributed by atoms with Gasteiger partial charge in [0.25, 0.3) is 0 Å². The Morgan fingerprint density at radius 1 is 1.00 bits per heavy atom. The molecule has 1 heteroatoms. The summed E-state index contributed by atoms with van der Waals surface area (Å²) >= 11 is 0. The summed E-state index contributed by atoms with van der Waals surface area (Å²) < 4.78 is 0. The quantitative estimate of drug-likeness (QED) is 0.684. The standard InChI is InChI=1S/C15H31N/c1-12(2)9-14(10-13(3)4)16-11-15(5)7-6-8-15/h12-14,16H,6-11H2,1-5H3. The van der Waals surface area contributed by atoms with E-state index in [0.717, 1.165) is 17.9 Å². The van der Waals surface area contributed by atoms with Gasteiger partial charge in [-0.25, -0.2) is 0 Å². The van der Waals surface area contributed by atoms with Crippen LogP contribution in [0.25, 0.3) is 0 Å². The van der Waals surface area contributed by atoms with E-state index in [1.807, 2.05) is 0 Å². The maximum absolute atomic E-state index is 3.82. The molecular formula is C15H31N. The van der Waals surface area contributed by atoms with Crippen LogP contribution in [0.1, 0.15) is 66.7 Å². The lowest BCUT2D eigenvalue weighted by molar-refractivity contribution is 0.145. The zero-order valence-corrected chi connectivity index (χ0v) is 12.0.